The lowest BCUT2D eigenvalue weighted by atomic mass is 10.0. The Bertz CT molecular complexity index is 395. The van der Waals surface area contributed by atoms with Gasteiger partial charge in [-0.05, 0) is 43.6 Å². The first-order valence-corrected chi connectivity index (χ1v) is 7.63. The third kappa shape index (κ3) is 6.50. The smallest absolute Gasteiger partial charge is 0.126 e. The summed E-state index contributed by atoms with van der Waals surface area (Å²) in [6.45, 7) is 7.25. The van der Waals surface area contributed by atoms with Crippen molar-refractivity contribution < 1.29 is 13.9 Å². The molecule has 0 radical (unpaired) electrons. The van der Waals surface area contributed by atoms with Crippen LogP contribution in [0.1, 0.15) is 38.3 Å². The number of halogens is 2. The van der Waals surface area contributed by atoms with Crippen LogP contribution in [0.4, 0.5) is 8.78 Å². The molecular weight excluding hydrogens is 274 g/mol. The van der Waals surface area contributed by atoms with Crippen molar-refractivity contribution in [1.29, 1.82) is 0 Å². The number of rotatable bonds is 10. The van der Waals surface area contributed by atoms with Gasteiger partial charge in [0.05, 0.1) is 6.61 Å². The average Bonchev–Trinajstić information content (AvgIpc) is 2.45. The van der Waals surface area contributed by atoms with E-state index >= 15 is 0 Å². The van der Waals surface area contributed by atoms with Crippen molar-refractivity contribution in [2.75, 3.05) is 32.8 Å². The highest BCUT2D eigenvalue weighted by molar-refractivity contribution is 5.21. The van der Waals surface area contributed by atoms with E-state index in [0.29, 0.717) is 12.1 Å². The van der Waals surface area contributed by atoms with Crippen LogP contribution in [0.15, 0.2) is 18.2 Å². The van der Waals surface area contributed by atoms with E-state index < -0.39 is 11.6 Å². The van der Waals surface area contributed by atoms with Crippen molar-refractivity contribution in [2.24, 2.45) is 0 Å². The fourth-order valence-electron chi connectivity index (χ4n) is 2.36. The highest BCUT2D eigenvalue weighted by atomic mass is 19.1. The van der Waals surface area contributed by atoms with E-state index in [1.807, 2.05) is 6.92 Å². The highest BCUT2D eigenvalue weighted by Gasteiger charge is 2.14. The molecule has 0 bridgehead atoms. The lowest BCUT2D eigenvalue weighted by Crippen LogP contribution is -2.31. The second kappa shape index (κ2) is 9.82. The summed E-state index contributed by atoms with van der Waals surface area (Å²) < 4.78 is 26.8. The van der Waals surface area contributed by atoms with Gasteiger partial charge in [-0.25, -0.2) is 8.78 Å². The minimum Gasteiger partial charge on any atom is -0.395 e. The third-order valence-corrected chi connectivity index (χ3v) is 3.53. The van der Waals surface area contributed by atoms with E-state index in [2.05, 4.69) is 17.1 Å². The molecule has 1 rings (SSSR count). The maximum atomic E-state index is 13.4. The average molecular weight is 300 g/mol. The summed E-state index contributed by atoms with van der Waals surface area (Å²) in [5, 5.41) is 12.3. The maximum Gasteiger partial charge on any atom is 0.126 e. The molecule has 0 aromatic heterocycles. The molecule has 0 amide bonds. The predicted molar refractivity (Wildman–Crippen MR) is 81.2 cm³/mol. The molecule has 1 atom stereocenters. The standard InChI is InChI=1S/C16H26F2N2O/c1-3-6-19-16(5-7-20(4-2)8-9-21)13-10-14(17)12-15(18)11-13/h10-12,16,19,21H,3-9H2,1-2H3. The molecule has 1 aromatic rings. The molecule has 0 saturated carbocycles. The fraction of sp³-hybridized carbons (Fsp3) is 0.625. The molecule has 0 aliphatic rings. The summed E-state index contributed by atoms with van der Waals surface area (Å²) in [6, 6.07) is 3.59. The zero-order valence-electron chi connectivity index (χ0n) is 12.9. The number of aliphatic hydroxyl groups excluding tert-OH is 1. The molecule has 0 heterocycles. The first-order chi connectivity index (χ1) is 10.1. The van der Waals surface area contributed by atoms with Gasteiger partial charge in [0.25, 0.3) is 0 Å². The van der Waals surface area contributed by atoms with Crippen molar-refractivity contribution in [1.82, 2.24) is 10.2 Å². The van der Waals surface area contributed by atoms with Crippen LogP contribution in [0.5, 0.6) is 0 Å². The second-order valence-corrected chi connectivity index (χ2v) is 5.16. The minimum absolute atomic E-state index is 0.0807. The van der Waals surface area contributed by atoms with Gasteiger partial charge in [0.2, 0.25) is 0 Å². The van der Waals surface area contributed by atoms with Gasteiger partial charge in [-0.2, -0.15) is 0 Å². The molecule has 5 heteroatoms. The Hall–Kier alpha value is -1.04. The van der Waals surface area contributed by atoms with Crippen LogP contribution < -0.4 is 5.32 Å². The van der Waals surface area contributed by atoms with E-state index in [-0.39, 0.29) is 12.6 Å². The molecule has 0 spiro atoms. The molecule has 0 fully saturated rings. The molecule has 3 nitrogen and oxygen atoms in total. The lowest BCUT2D eigenvalue weighted by molar-refractivity contribution is 0.195. The highest BCUT2D eigenvalue weighted by Crippen LogP contribution is 2.20. The van der Waals surface area contributed by atoms with Gasteiger partial charge >= 0.3 is 0 Å². The van der Waals surface area contributed by atoms with E-state index in [4.69, 9.17) is 5.11 Å². The summed E-state index contributed by atoms with van der Waals surface area (Å²) in [5.74, 6) is -1.09. The summed E-state index contributed by atoms with van der Waals surface area (Å²) in [6.07, 6.45) is 1.71. The van der Waals surface area contributed by atoms with Crippen LogP contribution in [-0.4, -0.2) is 42.8 Å². The number of likely N-dealkylation sites (N-methyl/N-ethyl adjacent to an activating group) is 1. The van der Waals surface area contributed by atoms with Crippen LogP contribution >= 0.6 is 0 Å². The van der Waals surface area contributed by atoms with Gasteiger partial charge in [-0.3, -0.25) is 0 Å². The van der Waals surface area contributed by atoms with Crippen LogP contribution in [0.3, 0.4) is 0 Å². The molecule has 1 unspecified atom stereocenters. The lowest BCUT2D eigenvalue weighted by Gasteiger charge is -2.24. The van der Waals surface area contributed by atoms with Crippen molar-refractivity contribution in [3.05, 3.63) is 35.4 Å². The second-order valence-electron chi connectivity index (χ2n) is 5.16. The van der Waals surface area contributed by atoms with Gasteiger partial charge in [0.1, 0.15) is 11.6 Å². The van der Waals surface area contributed by atoms with Crippen molar-refractivity contribution in [2.45, 2.75) is 32.7 Å². The zero-order chi connectivity index (χ0) is 15.7. The van der Waals surface area contributed by atoms with Gasteiger partial charge in [0.15, 0.2) is 0 Å². The minimum atomic E-state index is -0.545. The monoisotopic (exact) mass is 300 g/mol. The van der Waals surface area contributed by atoms with Crippen molar-refractivity contribution in [3.8, 4) is 0 Å². The van der Waals surface area contributed by atoms with Gasteiger partial charge in [-0.15, -0.1) is 0 Å². The molecule has 21 heavy (non-hydrogen) atoms. The van der Waals surface area contributed by atoms with Gasteiger partial charge in [-0.1, -0.05) is 13.8 Å². The molecule has 2 N–H and O–H groups in total. The molecule has 0 aliphatic carbocycles. The maximum absolute atomic E-state index is 13.4. The molecule has 120 valence electrons. The quantitative estimate of drug-likeness (QED) is 0.697. The molecule has 0 saturated heterocycles. The Kier molecular flexibility index (Phi) is 8.42. The number of aliphatic hydroxyl groups is 1. The largest absolute Gasteiger partial charge is 0.395 e. The molecule has 0 aliphatic heterocycles. The zero-order valence-corrected chi connectivity index (χ0v) is 12.9. The van der Waals surface area contributed by atoms with Crippen molar-refractivity contribution in [3.63, 3.8) is 0 Å². The van der Waals surface area contributed by atoms with E-state index in [1.54, 1.807) is 0 Å². The normalized spacial score (nSPS) is 12.9. The Morgan fingerprint density at radius 1 is 1.14 bits per heavy atom. The SMILES string of the molecule is CCCNC(CCN(CC)CCO)c1cc(F)cc(F)c1. The Labute approximate surface area is 126 Å². The first-order valence-electron chi connectivity index (χ1n) is 7.63. The summed E-state index contributed by atoms with van der Waals surface area (Å²) in [5.41, 5.74) is 0.640. The van der Waals surface area contributed by atoms with Crippen molar-refractivity contribution >= 4 is 0 Å². The predicted octanol–water partition coefficient (Wildman–Crippen LogP) is 2.71. The van der Waals surface area contributed by atoms with E-state index in [9.17, 15) is 8.78 Å². The van der Waals surface area contributed by atoms with Crippen LogP contribution in [0.25, 0.3) is 0 Å². The topological polar surface area (TPSA) is 35.5 Å². The van der Waals surface area contributed by atoms with Crippen LogP contribution in [-0.2, 0) is 0 Å². The fourth-order valence-corrected chi connectivity index (χ4v) is 2.36. The number of benzene rings is 1. The number of hydrogen-bond donors (Lipinski definition) is 2. The van der Waals surface area contributed by atoms with Gasteiger partial charge in [0, 0.05) is 25.2 Å². The van der Waals surface area contributed by atoms with E-state index in [1.165, 1.54) is 12.1 Å². The Morgan fingerprint density at radius 3 is 2.33 bits per heavy atom. The summed E-state index contributed by atoms with van der Waals surface area (Å²) >= 11 is 0. The first kappa shape index (κ1) is 18.0. The third-order valence-electron chi connectivity index (χ3n) is 3.53. The Morgan fingerprint density at radius 2 is 1.81 bits per heavy atom. The molecular formula is C16H26F2N2O. The van der Waals surface area contributed by atoms with E-state index in [0.717, 1.165) is 38.5 Å². The number of nitrogens with one attached hydrogen (secondary N) is 1. The number of hydrogen-bond acceptors (Lipinski definition) is 3. The van der Waals surface area contributed by atoms with Gasteiger partial charge < -0.3 is 15.3 Å². The Balaban J connectivity index is 2.74. The summed E-state index contributed by atoms with van der Waals surface area (Å²) in [4.78, 5) is 2.12. The van der Waals surface area contributed by atoms with Crippen LogP contribution in [0.2, 0.25) is 0 Å². The van der Waals surface area contributed by atoms with Crippen LogP contribution in [0, 0.1) is 11.6 Å². The molecule has 1 aromatic carbocycles. The summed E-state index contributed by atoms with van der Waals surface area (Å²) in [7, 11) is 0. The number of nitrogens with zero attached hydrogens (tertiary/aromatic N) is 1.